The summed E-state index contributed by atoms with van der Waals surface area (Å²) in [5.74, 6) is 0.861. The molecular formula is C19H17N3OS. The first kappa shape index (κ1) is 14.9. The standard InChI is InChI=1S/C19H17N3OS/c1-13-6-4-7-14(12-13)22-18(16-9-5-11-23-16)17(21-19(22)24)15-8-2-3-10-20-15/h2-12,17-18H,1H3,(H,21,24)/t17-,18-/m1/s1. The number of aryl methyl sites for hydroxylation is 1. The molecule has 2 atom stereocenters. The lowest BCUT2D eigenvalue weighted by Gasteiger charge is -2.26. The van der Waals surface area contributed by atoms with Crippen molar-refractivity contribution in [2.75, 3.05) is 4.90 Å². The normalized spacial score (nSPS) is 20.2. The predicted octanol–water partition coefficient (Wildman–Crippen LogP) is 4.16. The molecule has 1 fully saturated rings. The van der Waals surface area contributed by atoms with Crippen LogP contribution in [0.2, 0.25) is 0 Å². The lowest BCUT2D eigenvalue weighted by Crippen LogP contribution is -2.29. The Labute approximate surface area is 146 Å². The first-order valence-electron chi connectivity index (χ1n) is 7.85. The number of furan rings is 1. The van der Waals surface area contributed by atoms with Crippen molar-refractivity contribution < 1.29 is 4.42 Å². The predicted molar refractivity (Wildman–Crippen MR) is 97.8 cm³/mol. The molecule has 0 amide bonds. The largest absolute Gasteiger partial charge is 0.467 e. The molecule has 2 aromatic heterocycles. The Kier molecular flexibility index (Phi) is 3.78. The van der Waals surface area contributed by atoms with E-state index in [-0.39, 0.29) is 12.1 Å². The highest BCUT2D eigenvalue weighted by Gasteiger charge is 2.42. The highest BCUT2D eigenvalue weighted by atomic mass is 32.1. The van der Waals surface area contributed by atoms with Crippen LogP contribution in [-0.4, -0.2) is 10.1 Å². The maximum atomic E-state index is 5.73. The van der Waals surface area contributed by atoms with Crippen LogP contribution in [0.5, 0.6) is 0 Å². The zero-order valence-corrected chi connectivity index (χ0v) is 14.0. The van der Waals surface area contributed by atoms with E-state index in [0.29, 0.717) is 5.11 Å². The molecule has 1 aliphatic rings. The number of hydrogen-bond donors (Lipinski definition) is 1. The lowest BCUT2D eigenvalue weighted by molar-refractivity contribution is 0.432. The van der Waals surface area contributed by atoms with E-state index in [1.807, 2.05) is 36.4 Å². The molecule has 0 bridgehead atoms. The SMILES string of the molecule is Cc1cccc(N2C(=S)N[C@H](c3ccccn3)[C@H]2c2ccco2)c1. The molecule has 0 saturated carbocycles. The number of benzene rings is 1. The molecule has 0 radical (unpaired) electrons. The summed E-state index contributed by atoms with van der Waals surface area (Å²) < 4.78 is 5.73. The van der Waals surface area contributed by atoms with E-state index in [2.05, 4.69) is 40.3 Å². The van der Waals surface area contributed by atoms with Crippen LogP contribution in [0, 0.1) is 6.92 Å². The van der Waals surface area contributed by atoms with E-state index in [0.717, 1.165) is 17.1 Å². The molecule has 5 heteroatoms. The molecule has 3 heterocycles. The number of rotatable bonds is 3. The van der Waals surface area contributed by atoms with Gasteiger partial charge in [-0.25, -0.2) is 0 Å². The Bertz CT molecular complexity index is 848. The topological polar surface area (TPSA) is 41.3 Å². The monoisotopic (exact) mass is 335 g/mol. The van der Waals surface area contributed by atoms with Gasteiger partial charge in [0.1, 0.15) is 11.8 Å². The molecule has 0 aliphatic carbocycles. The van der Waals surface area contributed by atoms with Crippen LogP contribution < -0.4 is 10.2 Å². The first-order chi connectivity index (χ1) is 11.7. The van der Waals surface area contributed by atoms with Gasteiger partial charge in [0, 0.05) is 11.9 Å². The maximum Gasteiger partial charge on any atom is 0.174 e. The Balaban J connectivity index is 1.82. The van der Waals surface area contributed by atoms with Crippen LogP contribution >= 0.6 is 12.2 Å². The van der Waals surface area contributed by atoms with Gasteiger partial charge in [-0.2, -0.15) is 0 Å². The second-order valence-corrected chi connectivity index (χ2v) is 6.24. The summed E-state index contributed by atoms with van der Waals surface area (Å²) in [6, 6.07) is 18.0. The van der Waals surface area contributed by atoms with E-state index >= 15 is 0 Å². The minimum Gasteiger partial charge on any atom is -0.467 e. The zero-order valence-electron chi connectivity index (χ0n) is 13.2. The summed E-state index contributed by atoms with van der Waals surface area (Å²) in [7, 11) is 0. The molecule has 1 aliphatic heterocycles. The Morgan fingerprint density at radius 3 is 2.75 bits per heavy atom. The fourth-order valence-corrected chi connectivity index (χ4v) is 3.51. The molecule has 4 rings (SSSR count). The van der Waals surface area contributed by atoms with Crippen molar-refractivity contribution in [3.8, 4) is 0 Å². The number of nitrogens with one attached hydrogen (secondary N) is 1. The third-order valence-corrected chi connectivity index (χ3v) is 4.53. The fraction of sp³-hybridized carbons (Fsp3) is 0.158. The summed E-state index contributed by atoms with van der Waals surface area (Å²) >= 11 is 5.64. The second kappa shape index (κ2) is 6.09. The van der Waals surface area contributed by atoms with Gasteiger partial charge in [0.25, 0.3) is 0 Å². The zero-order chi connectivity index (χ0) is 16.5. The quantitative estimate of drug-likeness (QED) is 0.728. The minimum atomic E-state index is -0.0794. The summed E-state index contributed by atoms with van der Waals surface area (Å²) in [5, 5.41) is 4.09. The van der Waals surface area contributed by atoms with Crippen molar-refractivity contribution in [1.82, 2.24) is 10.3 Å². The number of nitrogens with zero attached hydrogens (tertiary/aromatic N) is 2. The Morgan fingerprint density at radius 2 is 2.04 bits per heavy atom. The van der Waals surface area contributed by atoms with Crippen LogP contribution in [-0.2, 0) is 0 Å². The first-order valence-corrected chi connectivity index (χ1v) is 8.25. The van der Waals surface area contributed by atoms with Crippen molar-refractivity contribution >= 4 is 23.0 Å². The van der Waals surface area contributed by atoms with E-state index in [4.69, 9.17) is 16.6 Å². The van der Waals surface area contributed by atoms with Gasteiger partial charge in [0.2, 0.25) is 0 Å². The van der Waals surface area contributed by atoms with Crippen LogP contribution in [0.1, 0.15) is 29.1 Å². The van der Waals surface area contributed by atoms with Gasteiger partial charge in [0.15, 0.2) is 5.11 Å². The van der Waals surface area contributed by atoms with Gasteiger partial charge < -0.3 is 14.6 Å². The summed E-state index contributed by atoms with van der Waals surface area (Å²) in [6.07, 6.45) is 3.50. The van der Waals surface area contributed by atoms with Crippen LogP contribution in [0.4, 0.5) is 5.69 Å². The maximum absolute atomic E-state index is 5.73. The molecule has 0 unspecified atom stereocenters. The highest BCUT2D eigenvalue weighted by Crippen LogP contribution is 2.41. The van der Waals surface area contributed by atoms with Crippen molar-refractivity contribution in [1.29, 1.82) is 0 Å². The highest BCUT2D eigenvalue weighted by molar-refractivity contribution is 7.80. The van der Waals surface area contributed by atoms with Crippen LogP contribution in [0.25, 0.3) is 0 Å². The van der Waals surface area contributed by atoms with E-state index in [1.165, 1.54) is 5.56 Å². The third kappa shape index (κ3) is 2.57. The number of hydrogen-bond acceptors (Lipinski definition) is 3. The molecule has 1 saturated heterocycles. The fourth-order valence-electron chi connectivity index (χ4n) is 3.16. The van der Waals surface area contributed by atoms with Gasteiger partial charge in [0.05, 0.1) is 18.0 Å². The number of thiocarbonyl (C=S) groups is 1. The molecule has 1 aromatic carbocycles. The smallest absolute Gasteiger partial charge is 0.174 e. The van der Waals surface area contributed by atoms with Crippen molar-refractivity contribution in [3.05, 3.63) is 84.1 Å². The van der Waals surface area contributed by atoms with E-state index in [1.54, 1.807) is 12.5 Å². The molecular weight excluding hydrogens is 318 g/mol. The average molecular weight is 335 g/mol. The molecule has 24 heavy (non-hydrogen) atoms. The van der Waals surface area contributed by atoms with Gasteiger partial charge in [-0.05, 0) is 61.1 Å². The van der Waals surface area contributed by atoms with Gasteiger partial charge in [-0.1, -0.05) is 18.2 Å². The number of anilines is 1. The third-order valence-electron chi connectivity index (χ3n) is 4.21. The Morgan fingerprint density at radius 1 is 1.12 bits per heavy atom. The number of aromatic nitrogens is 1. The molecule has 0 spiro atoms. The Hall–Kier alpha value is -2.66. The van der Waals surface area contributed by atoms with Crippen molar-refractivity contribution in [3.63, 3.8) is 0 Å². The van der Waals surface area contributed by atoms with Crippen LogP contribution in [0.3, 0.4) is 0 Å². The van der Waals surface area contributed by atoms with Crippen molar-refractivity contribution in [2.24, 2.45) is 0 Å². The van der Waals surface area contributed by atoms with Crippen molar-refractivity contribution in [2.45, 2.75) is 19.0 Å². The average Bonchev–Trinajstić information content (AvgIpc) is 3.23. The van der Waals surface area contributed by atoms with Gasteiger partial charge in [-0.3, -0.25) is 4.98 Å². The number of pyridine rings is 1. The van der Waals surface area contributed by atoms with E-state index < -0.39 is 0 Å². The summed E-state index contributed by atoms with van der Waals surface area (Å²) in [5.41, 5.74) is 3.18. The lowest BCUT2D eigenvalue weighted by atomic mass is 10.0. The summed E-state index contributed by atoms with van der Waals surface area (Å²) in [6.45, 7) is 2.08. The minimum absolute atomic E-state index is 0.0645. The molecule has 4 nitrogen and oxygen atoms in total. The van der Waals surface area contributed by atoms with E-state index in [9.17, 15) is 0 Å². The molecule has 1 N–H and O–H groups in total. The second-order valence-electron chi connectivity index (χ2n) is 5.85. The molecule has 120 valence electrons. The summed E-state index contributed by atoms with van der Waals surface area (Å²) in [4.78, 5) is 6.62. The van der Waals surface area contributed by atoms with Crippen LogP contribution in [0.15, 0.2) is 71.5 Å². The molecule has 3 aromatic rings. The van der Waals surface area contributed by atoms with Gasteiger partial charge in [-0.15, -0.1) is 0 Å². The van der Waals surface area contributed by atoms with Gasteiger partial charge >= 0.3 is 0 Å².